The van der Waals surface area contributed by atoms with Crippen LogP contribution in [0.1, 0.15) is 5.69 Å². The van der Waals surface area contributed by atoms with Gasteiger partial charge in [-0.25, -0.2) is 0 Å². The molecule has 1 aromatic heterocycles. The van der Waals surface area contributed by atoms with Crippen LogP contribution in [0.5, 0.6) is 0 Å². The Bertz CT molecular complexity index is 502. The summed E-state index contributed by atoms with van der Waals surface area (Å²) in [6, 6.07) is 15.4. The maximum atomic E-state index is 11.7. The smallest absolute Gasteiger partial charge is 0.234 e. The molecular weight excluding hydrogens is 256 g/mol. The summed E-state index contributed by atoms with van der Waals surface area (Å²) in [5.41, 5.74) is 1.91. The lowest BCUT2D eigenvalue weighted by molar-refractivity contribution is -0.113. The van der Waals surface area contributed by atoms with Crippen LogP contribution in [-0.4, -0.2) is 22.4 Å². The zero-order chi connectivity index (χ0) is 13.3. The highest BCUT2D eigenvalue weighted by Crippen LogP contribution is 2.08. The third-order valence-electron chi connectivity index (χ3n) is 2.52. The largest absolute Gasteiger partial charge is 0.325 e. The molecule has 0 radical (unpaired) electrons. The van der Waals surface area contributed by atoms with E-state index in [0.29, 0.717) is 5.75 Å². The molecule has 4 heteroatoms. The first-order valence-electron chi connectivity index (χ1n) is 6.17. The number of amides is 1. The number of nitrogens with zero attached hydrogens (tertiary/aromatic N) is 1. The molecule has 1 heterocycles. The molecule has 1 amide bonds. The zero-order valence-electron chi connectivity index (χ0n) is 10.6. The summed E-state index contributed by atoms with van der Waals surface area (Å²) in [5.74, 6) is 1.42. The van der Waals surface area contributed by atoms with Crippen molar-refractivity contribution in [3.8, 4) is 0 Å². The first-order chi connectivity index (χ1) is 9.34. The molecule has 0 spiro atoms. The summed E-state index contributed by atoms with van der Waals surface area (Å²) in [7, 11) is 0. The van der Waals surface area contributed by atoms with E-state index in [1.807, 2.05) is 48.5 Å². The summed E-state index contributed by atoms with van der Waals surface area (Å²) in [6.45, 7) is 0. The predicted octanol–water partition coefficient (Wildman–Crippen LogP) is 3.00. The molecule has 2 aromatic rings. The molecule has 0 aliphatic rings. The van der Waals surface area contributed by atoms with Gasteiger partial charge in [0.2, 0.25) is 5.91 Å². The Hall–Kier alpha value is -1.81. The molecular formula is C15H16N2OS. The first kappa shape index (κ1) is 13.6. The average Bonchev–Trinajstić information content (AvgIpc) is 2.46. The van der Waals surface area contributed by atoms with E-state index < -0.39 is 0 Å². The van der Waals surface area contributed by atoms with Gasteiger partial charge in [-0.05, 0) is 36.4 Å². The fraction of sp³-hybridized carbons (Fsp3) is 0.200. The molecule has 0 saturated carbocycles. The number of para-hydroxylation sites is 1. The summed E-state index contributed by atoms with van der Waals surface area (Å²) in [6.07, 6.45) is 2.69. The van der Waals surface area contributed by atoms with Gasteiger partial charge >= 0.3 is 0 Å². The van der Waals surface area contributed by atoms with Gasteiger partial charge in [-0.15, -0.1) is 0 Å². The molecule has 0 atom stereocenters. The number of aromatic nitrogens is 1. The van der Waals surface area contributed by atoms with Gasteiger partial charge in [0, 0.05) is 17.6 Å². The second-order valence-corrected chi connectivity index (χ2v) is 5.14. The number of nitrogens with one attached hydrogen (secondary N) is 1. The maximum Gasteiger partial charge on any atom is 0.234 e. The summed E-state index contributed by atoms with van der Waals surface area (Å²) >= 11 is 1.62. The van der Waals surface area contributed by atoms with Crippen molar-refractivity contribution in [2.45, 2.75) is 6.42 Å². The van der Waals surface area contributed by atoms with Crippen LogP contribution in [0.3, 0.4) is 0 Å². The van der Waals surface area contributed by atoms with Crippen molar-refractivity contribution in [3.63, 3.8) is 0 Å². The number of carbonyl (C=O) groups is 1. The van der Waals surface area contributed by atoms with E-state index in [1.54, 1.807) is 18.0 Å². The molecule has 0 aliphatic carbocycles. The second kappa shape index (κ2) is 7.59. The fourth-order valence-electron chi connectivity index (χ4n) is 1.61. The number of rotatable bonds is 6. The topological polar surface area (TPSA) is 42.0 Å². The van der Waals surface area contributed by atoms with Crippen LogP contribution in [0, 0.1) is 0 Å². The highest BCUT2D eigenvalue weighted by Gasteiger charge is 2.02. The number of anilines is 1. The van der Waals surface area contributed by atoms with Crippen molar-refractivity contribution in [2.75, 3.05) is 16.8 Å². The Balaban J connectivity index is 1.65. The Morgan fingerprint density at radius 2 is 1.89 bits per heavy atom. The van der Waals surface area contributed by atoms with Crippen molar-refractivity contribution < 1.29 is 4.79 Å². The first-order valence-corrected chi connectivity index (χ1v) is 7.32. The van der Waals surface area contributed by atoms with E-state index in [4.69, 9.17) is 0 Å². The van der Waals surface area contributed by atoms with Crippen molar-refractivity contribution in [1.29, 1.82) is 0 Å². The van der Waals surface area contributed by atoms with Crippen LogP contribution < -0.4 is 5.32 Å². The Kier molecular flexibility index (Phi) is 5.44. The summed E-state index contributed by atoms with van der Waals surface area (Å²) < 4.78 is 0. The van der Waals surface area contributed by atoms with E-state index in [0.717, 1.165) is 23.6 Å². The van der Waals surface area contributed by atoms with Crippen LogP contribution in [0.15, 0.2) is 54.7 Å². The molecule has 1 N–H and O–H groups in total. The van der Waals surface area contributed by atoms with Crippen molar-refractivity contribution in [3.05, 3.63) is 60.4 Å². The monoisotopic (exact) mass is 272 g/mol. The van der Waals surface area contributed by atoms with Crippen molar-refractivity contribution in [1.82, 2.24) is 4.98 Å². The molecule has 0 unspecified atom stereocenters. The van der Waals surface area contributed by atoms with E-state index in [1.165, 1.54) is 0 Å². The number of hydrogen-bond donors (Lipinski definition) is 1. The second-order valence-electron chi connectivity index (χ2n) is 4.04. The van der Waals surface area contributed by atoms with E-state index in [-0.39, 0.29) is 5.91 Å². The van der Waals surface area contributed by atoms with Gasteiger partial charge < -0.3 is 5.32 Å². The Morgan fingerprint density at radius 1 is 1.11 bits per heavy atom. The maximum absolute atomic E-state index is 11.7. The molecule has 0 aliphatic heterocycles. The minimum Gasteiger partial charge on any atom is -0.325 e. The molecule has 0 fully saturated rings. The molecule has 19 heavy (non-hydrogen) atoms. The zero-order valence-corrected chi connectivity index (χ0v) is 11.4. The summed E-state index contributed by atoms with van der Waals surface area (Å²) in [4.78, 5) is 15.9. The lowest BCUT2D eigenvalue weighted by Crippen LogP contribution is -2.14. The van der Waals surface area contributed by atoms with Crippen LogP contribution in [0.2, 0.25) is 0 Å². The normalized spacial score (nSPS) is 10.1. The van der Waals surface area contributed by atoms with Gasteiger partial charge in [0.15, 0.2) is 0 Å². The number of thioether (sulfide) groups is 1. The molecule has 1 aromatic carbocycles. The van der Waals surface area contributed by atoms with Crippen molar-refractivity contribution in [2.24, 2.45) is 0 Å². The number of benzene rings is 1. The highest BCUT2D eigenvalue weighted by atomic mass is 32.2. The standard InChI is InChI=1S/C15H16N2OS/c18-15(17-14-7-2-1-3-8-14)12-19-11-9-13-6-4-5-10-16-13/h1-8,10H,9,11-12H2,(H,17,18). The predicted molar refractivity (Wildman–Crippen MR) is 80.3 cm³/mol. The van der Waals surface area contributed by atoms with Crippen LogP contribution in [0.4, 0.5) is 5.69 Å². The van der Waals surface area contributed by atoms with E-state index in [2.05, 4.69) is 10.3 Å². The minimum atomic E-state index is 0.0391. The molecule has 0 bridgehead atoms. The van der Waals surface area contributed by atoms with Crippen LogP contribution in [-0.2, 0) is 11.2 Å². The van der Waals surface area contributed by atoms with Gasteiger partial charge in [-0.1, -0.05) is 24.3 Å². The summed E-state index contributed by atoms with van der Waals surface area (Å²) in [5, 5.41) is 2.87. The SMILES string of the molecule is O=C(CSCCc1ccccn1)Nc1ccccc1. The van der Waals surface area contributed by atoms with Gasteiger partial charge in [0.1, 0.15) is 0 Å². The number of aryl methyl sites for hydroxylation is 1. The fourth-order valence-corrected chi connectivity index (χ4v) is 2.36. The quantitative estimate of drug-likeness (QED) is 0.822. The molecule has 3 nitrogen and oxygen atoms in total. The van der Waals surface area contributed by atoms with Crippen LogP contribution >= 0.6 is 11.8 Å². The Morgan fingerprint density at radius 3 is 2.63 bits per heavy atom. The third kappa shape index (κ3) is 5.14. The van der Waals surface area contributed by atoms with Gasteiger partial charge in [0.25, 0.3) is 0 Å². The third-order valence-corrected chi connectivity index (χ3v) is 3.48. The molecule has 0 saturated heterocycles. The van der Waals surface area contributed by atoms with E-state index in [9.17, 15) is 4.79 Å². The number of hydrogen-bond acceptors (Lipinski definition) is 3. The van der Waals surface area contributed by atoms with Gasteiger partial charge in [0.05, 0.1) is 5.75 Å². The van der Waals surface area contributed by atoms with Crippen LogP contribution in [0.25, 0.3) is 0 Å². The lowest BCUT2D eigenvalue weighted by atomic mass is 10.3. The lowest BCUT2D eigenvalue weighted by Gasteiger charge is -2.04. The van der Waals surface area contributed by atoms with Gasteiger partial charge in [-0.3, -0.25) is 9.78 Å². The number of carbonyl (C=O) groups excluding carboxylic acids is 1. The van der Waals surface area contributed by atoms with Gasteiger partial charge in [-0.2, -0.15) is 11.8 Å². The highest BCUT2D eigenvalue weighted by molar-refractivity contribution is 7.99. The van der Waals surface area contributed by atoms with Crippen molar-refractivity contribution >= 4 is 23.4 Å². The number of pyridine rings is 1. The molecule has 98 valence electrons. The average molecular weight is 272 g/mol. The molecule has 2 rings (SSSR count). The van der Waals surface area contributed by atoms with E-state index >= 15 is 0 Å². The Labute approximate surface area is 117 Å². The minimum absolute atomic E-state index is 0.0391.